The fraction of sp³-hybridized carbons (Fsp3) is 0.200. The lowest BCUT2D eigenvalue weighted by Gasteiger charge is -2.10. The van der Waals surface area contributed by atoms with Crippen LogP contribution in [-0.2, 0) is 6.54 Å². The van der Waals surface area contributed by atoms with Crippen LogP contribution in [0.3, 0.4) is 0 Å². The average Bonchev–Trinajstić information content (AvgIpc) is 3.08. The van der Waals surface area contributed by atoms with Gasteiger partial charge < -0.3 is 10.4 Å². The van der Waals surface area contributed by atoms with Gasteiger partial charge in [0, 0.05) is 17.8 Å². The molecule has 0 fully saturated rings. The molecule has 0 saturated carbocycles. The van der Waals surface area contributed by atoms with E-state index in [4.69, 9.17) is 0 Å². The molecule has 4 heteroatoms. The molecule has 0 saturated heterocycles. The standard InChI is InChI=1S/C15H15NOS2/c17-14(11-5-6-18-9-11)8-16-7-12-10-19-15-4-2-1-3-13(12)15/h1-6,9-10,14,16-17H,7-8H2. The highest BCUT2D eigenvalue weighted by molar-refractivity contribution is 7.17. The van der Waals surface area contributed by atoms with Crippen molar-refractivity contribution in [1.29, 1.82) is 0 Å². The molecule has 0 spiro atoms. The fourth-order valence-electron chi connectivity index (χ4n) is 2.10. The molecule has 3 rings (SSSR count). The van der Waals surface area contributed by atoms with E-state index in [0.717, 1.165) is 12.1 Å². The zero-order valence-corrected chi connectivity index (χ0v) is 12.0. The van der Waals surface area contributed by atoms with Gasteiger partial charge in [0.15, 0.2) is 0 Å². The van der Waals surface area contributed by atoms with Crippen LogP contribution in [-0.4, -0.2) is 11.7 Å². The van der Waals surface area contributed by atoms with E-state index >= 15 is 0 Å². The summed E-state index contributed by atoms with van der Waals surface area (Å²) in [5.74, 6) is 0. The van der Waals surface area contributed by atoms with E-state index in [1.807, 2.05) is 16.8 Å². The molecule has 0 aliphatic carbocycles. The largest absolute Gasteiger partial charge is 0.387 e. The first-order chi connectivity index (χ1) is 9.34. The number of nitrogens with one attached hydrogen (secondary N) is 1. The van der Waals surface area contributed by atoms with Crippen molar-refractivity contribution < 1.29 is 5.11 Å². The lowest BCUT2D eigenvalue weighted by atomic mass is 10.1. The quantitative estimate of drug-likeness (QED) is 0.749. The van der Waals surface area contributed by atoms with E-state index in [-0.39, 0.29) is 0 Å². The van der Waals surface area contributed by atoms with Gasteiger partial charge in [-0.25, -0.2) is 0 Å². The second-order valence-electron chi connectivity index (χ2n) is 4.46. The van der Waals surface area contributed by atoms with E-state index in [9.17, 15) is 5.11 Å². The van der Waals surface area contributed by atoms with Gasteiger partial charge in [0.1, 0.15) is 0 Å². The Bertz CT molecular complexity index is 645. The van der Waals surface area contributed by atoms with Crippen LogP contribution in [0.25, 0.3) is 10.1 Å². The van der Waals surface area contributed by atoms with Gasteiger partial charge in [0.25, 0.3) is 0 Å². The predicted molar refractivity (Wildman–Crippen MR) is 82.8 cm³/mol. The van der Waals surface area contributed by atoms with Crippen molar-refractivity contribution in [3.05, 3.63) is 57.6 Å². The van der Waals surface area contributed by atoms with Crippen LogP contribution in [0.15, 0.2) is 46.5 Å². The Morgan fingerprint density at radius 3 is 2.89 bits per heavy atom. The minimum absolute atomic E-state index is 0.420. The van der Waals surface area contributed by atoms with Crippen LogP contribution in [0.1, 0.15) is 17.2 Å². The van der Waals surface area contributed by atoms with Crippen LogP contribution in [0.5, 0.6) is 0 Å². The maximum absolute atomic E-state index is 10.00. The third-order valence-corrected chi connectivity index (χ3v) is 4.86. The summed E-state index contributed by atoms with van der Waals surface area (Å²) in [5, 5.41) is 20.8. The number of fused-ring (bicyclic) bond motifs is 1. The van der Waals surface area contributed by atoms with Gasteiger partial charge >= 0.3 is 0 Å². The highest BCUT2D eigenvalue weighted by Crippen LogP contribution is 2.25. The summed E-state index contributed by atoms with van der Waals surface area (Å²) in [6.45, 7) is 1.38. The molecule has 3 aromatic rings. The first kappa shape index (κ1) is 12.8. The number of aliphatic hydroxyl groups is 1. The first-order valence-corrected chi connectivity index (χ1v) is 8.03. The van der Waals surface area contributed by atoms with E-state index in [1.165, 1.54) is 15.6 Å². The van der Waals surface area contributed by atoms with E-state index in [0.29, 0.717) is 6.54 Å². The monoisotopic (exact) mass is 289 g/mol. The van der Waals surface area contributed by atoms with Crippen molar-refractivity contribution in [2.24, 2.45) is 0 Å². The van der Waals surface area contributed by atoms with Gasteiger partial charge in [-0.3, -0.25) is 0 Å². The number of benzene rings is 1. The Hall–Kier alpha value is -1.20. The molecule has 2 aromatic heterocycles. The van der Waals surface area contributed by atoms with Crippen molar-refractivity contribution in [2.75, 3.05) is 6.54 Å². The molecule has 2 nitrogen and oxygen atoms in total. The van der Waals surface area contributed by atoms with E-state index < -0.39 is 6.10 Å². The normalized spacial score (nSPS) is 12.9. The Kier molecular flexibility index (Phi) is 3.94. The van der Waals surface area contributed by atoms with Gasteiger partial charge in [0.05, 0.1) is 6.10 Å². The van der Waals surface area contributed by atoms with E-state index in [2.05, 4.69) is 35.0 Å². The maximum atomic E-state index is 10.00. The Morgan fingerprint density at radius 2 is 2.05 bits per heavy atom. The molecular weight excluding hydrogens is 274 g/mol. The summed E-state index contributed by atoms with van der Waals surface area (Å²) >= 11 is 3.38. The molecule has 0 aliphatic heterocycles. The second-order valence-corrected chi connectivity index (χ2v) is 6.15. The SMILES string of the molecule is OC(CNCc1csc2ccccc12)c1ccsc1. The molecular formula is C15H15NOS2. The zero-order chi connectivity index (χ0) is 13.1. The number of rotatable bonds is 5. The smallest absolute Gasteiger partial charge is 0.0922 e. The van der Waals surface area contributed by atoms with Gasteiger partial charge in [-0.05, 0) is 44.8 Å². The number of aliphatic hydroxyl groups excluding tert-OH is 1. The molecule has 0 aliphatic rings. The number of hydrogen-bond acceptors (Lipinski definition) is 4. The molecule has 0 radical (unpaired) electrons. The van der Waals surface area contributed by atoms with Crippen molar-refractivity contribution in [3.8, 4) is 0 Å². The lowest BCUT2D eigenvalue weighted by Crippen LogP contribution is -2.20. The molecule has 2 N–H and O–H groups in total. The highest BCUT2D eigenvalue weighted by Gasteiger charge is 2.08. The van der Waals surface area contributed by atoms with Crippen LogP contribution in [0.4, 0.5) is 0 Å². The van der Waals surface area contributed by atoms with Gasteiger partial charge in [-0.15, -0.1) is 11.3 Å². The van der Waals surface area contributed by atoms with Crippen LogP contribution in [0, 0.1) is 0 Å². The topological polar surface area (TPSA) is 32.3 Å². The third kappa shape index (κ3) is 2.87. The molecule has 19 heavy (non-hydrogen) atoms. The van der Waals surface area contributed by atoms with Gasteiger partial charge in [-0.1, -0.05) is 18.2 Å². The average molecular weight is 289 g/mol. The van der Waals surface area contributed by atoms with Gasteiger partial charge in [-0.2, -0.15) is 11.3 Å². The molecule has 0 bridgehead atoms. The molecule has 98 valence electrons. The van der Waals surface area contributed by atoms with Crippen LogP contribution >= 0.6 is 22.7 Å². The highest BCUT2D eigenvalue weighted by atomic mass is 32.1. The van der Waals surface area contributed by atoms with Crippen molar-refractivity contribution >= 4 is 32.8 Å². The van der Waals surface area contributed by atoms with Crippen LogP contribution in [0.2, 0.25) is 0 Å². The molecule has 1 unspecified atom stereocenters. The van der Waals surface area contributed by atoms with Crippen LogP contribution < -0.4 is 5.32 Å². The minimum atomic E-state index is -0.420. The summed E-state index contributed by atoms with van der Waals surface area (Å²) in [6.07, 6.45) is -0.420. The second kappa shape index (κ2) is 5.84. The fourth-order valence-corrected chi connectivity index (χ4v) is 3.77. The summed E-state index contributed by atoms with van der Waals surface area (Å²) in [7, 11) is 0. The van der Waals surface area contributed by atoms with Crippen molar-refractivity contribution in [1.82, 2.24) is 5.32 Å². The molecule has 2 heterocycles. The Labute approximate surface area is 120 Å². The summed E-state index contributed by atoms with van der Waals surface area (Å²) in [4.78, 5) is 0. The minimum Gasteiger partial charge on any atom is -0.387 e. The zero-order valence-electron chi connectivity index (χ0n) is 10.4. The molecule has 1 aromatic carbocycles. The van der Waals surface area contributed by atoms with Gasteiger partial charge in [0.2, 0.25) is 0 Å². The first-order valence-electron chi connectivity index (χ1n) is 6.20. The van der Waals surface area contributed by atoms with E-state index in [1.54, 1.807) is 22.7 Å². The predicted octanol–water partition coefficient (Wildman–Crippen LogP) is 3.79. The Morgan fingerprint density at radius 1 is 1.16 bits per heavy atom. The van der Waals surface area contributed by atoms with Crippen molar-refractivity contribution in [3.63, 3.8) is 0 Å². The number of thiophene rings is 2. The molecule has 0 amide bonds. The summed E-state index contributed by atoms with van der Waals surface area (Å²) < 4.78 is 1.32. The maximum Gasteiger partial charge on any atom is 0.0922 e. The Balaban J connectivity index is 1.61. The summed E-state index contributed by atoms with van der Waals surface area (Å²) in [5.41, 5.74) is 2.30. The summed E-state index contributed by atoms with van der Waals surface area (Å²) in [6, 6.07) is 10.4. The third-order valence-electron chi connectivity index (χ3n) is 3.14. The number of hydrogen-bond donors (Lipinski definition) is 2. The van der Waals surface area contributed by atoms with Crippen molar-refractivity contribution in [2.45, 2.75) is 12.6 Å². The molecule has 1 atom stereocenters. The lowest BCUT2D eigenvalue weighted by molar-refractivity contribution is 0.175.